The second-order valence-electron chi connectivity index (χ2n) is 4.36. The molecule has 1 N–H and O–H groups in total. The van der Waals surface area contributed by atoms with Gasteiger partial charge in [0.1, 0.15) is 0 Å². The average molecular weight is 198 g/mol. The zero-order valence-corrected chi connectivity index (χ0v) is 10.1. The van der Waals surface area contributed by atoms with Crippen LogP contribution >= 0.6 is 0 Å². The van der Waals surface area contributed by atoms with Crippen LogP contribution in [0.5, 0.6) is 0 Å². The SMILES string of the molecule is CCCC(CN(CC)C1CC1)NCC. The molecule has 0 bridgehead atoms. The van der Waals surface area contributed by atoms with Crippen LogP contribution in [0.2, 0.25) is 0 Å². The van der Waals surface area contributed by atoms with E-state index in [1.165, 1.54) is 38.8 Å². The number of hydrogen-bond acceptors (Lipinski definition) is 2. The summed E-state index contributed by atoms with van der Waals surface area (Å²) in [7, 11) is 0. The summed E-state index contributed by atoms with van der Waals surface area (Å²) >= 11 is 0. The fraction of sp³-hybridized carbons (Fsp3) is 1.00. The minimum absolute atomic E-state index is 0.713. The number of likely N-dealkylation sites (N-methyl/N-ethyl adjacent to an activating group) is 2. The first-order chi connectivity index (χ1) is 6.81. The smallest absolute Gasteiger partial charge is 0.0194 e. The molecular weight excluding hydrogens is 172 g/mol. The van der Waals surface area contributed by atoms with Crippen LogP contribution in [0.15, 0.2) is 0 Å². The van der Waals surface area contributed by atoms with Crippen molar-refractivity contribution in [3.05, 3.63) is 0 Å². The molecule has 0 spiro atoms. The summed E-state index contributed by atoms with van der Waals surface area (Å²) in [6, 6.07) is 1.63. The van der Waals surface area contributed by atoms with E-state index in [-0.39, 0.29) is 0 Å². The van der Waals surface area contributed by atoms with Crippen LogP contribution in [0.4, 0.5) is 0 Å². The quantitative estimate of drug-likeness (QED) is 0.643. The summed E-state index contributed by atoms with van der Waals surface area (Å²) < 4.78 is 0. The predicted molar refractivity (Wildman–Crippen MR) is 62.6 cm³/mol. The van der Waals surface area contributed by atoms with Crippen LogP contribution in [0.25, 0.3) is 0 Å². The summed E-state index contributed by atoms with van der Waals surface area (Å²) in [4.78, 5) is 2.64. The normalized spacial score (nSPS) is 18.9. The lowest BCUT2D eigenvalue weighted by molar-refractivity contribution is 0.238. The van der Waals surface area contributed by atoms with E-state index < -0.39 is 0 Å². The lowest BCUT2D eigenvalue weighted by Crippen LogP contribution is -2.41. The third kappa shape index (κ3) is 3.97. The Morgan fingerprint density at radius 1 is 1.29 bits per heavy atom. The number of nitrogens with one attached hydrogen (secondary N) is 1. The molecule has 0 saturated heterocycles. The molecular formula is C12H26N2. The molecule has 84 valence electrons. The molecule has 0 aromatic rings. The van der Waals surface area contributed by atoms with Gasteiger partial charge in [0.2, 0.25) is 0 Å². The molecule has 1 atom stereocenters. The molecule has 0 amide bonds. The minimum Gasteiger partial charge on any atom is -0.313 e. The molecule has 1 aliphatic rings. The molecule has 1 aliphatic carbocycles. The molecule has 1 rings (SSSR count). The Hall–Kier alpha value is -0.0800. The van der Waals surface area contributed by atoms with Crippen molar-refractivity contribution in [2.24, 2.45) is 0 Å². The van der Waals surface area contributed by atoms with Crippen molar-refractivity contribution in [2.75, 3.05) is 19.6 Å². The van der Waals surface area contributed by atoms with E-state index >= 15 is 0 Å². The zero-order valence-electron chi connectivity index (χ0n) is 10.1. The van der Waals surface area contributed by atoms with Crippen molar-refractivity contribution in [2.45, 2.75) is 58.5 Å². The number of nitrogens with zero attached hydrogens (tertiary/aromatic N) is 1. The van der Waals surface area contributed by atoms with Crippen LogP contribution in [-0.2, 0) is 0 Å². The van der Waals surface area contributed by atoms with E-state index in [0.717, 1.165) is 12.6 Å². The van der Waals surface area contributed by atoms with Gasteiger partial charge >= 0.3 is 0 Å². The van der Waals surface area contributed by atoms with Crippen molar-refractivity contribution in [3.63, 3.8) is 0 Å². The second-order valence-corrected chi connectivity index (χ2v) is 4.36. The van der Waals surface area contributed by atoms with E-state index in [1.807, 2.05) is 0 Å². The van der Waals surface area contributed by atoms with Gasteiger partial charge in [0.25, 0.3) is 0 Å². The van der Waals surface area contributed by atoms with Gasteiger partial charge in [0, 0.05) is 18.6 Å². The van der Waals surface area contributed by atoms with E-state index in [9.17, 15) is 0 Å². The van der Waals surface area contributed by atoms with Crippen LogP contribution in [0.1, 0.15) is 46.5 Å². The van der Waals surface area contributed by atoms with Gasteiger partial charge in [-0.2, -0.15) is 0 Å². The summed E-state index contributed by atoms with van der Waals surface area (Å²) in [5.41, 5.74) is 0. The van der Waals surface area contributed by atoms with Crippen LogP contribution < -0.4 is 5.32 Å². The Bertz CT molecular complexity index is 137. The molecule has 0 radical (unpaired) electrons. The fourth-order valence-electron chi connectivity index (χ4n) is 2.15. The van der Waals surface area contributed by atoms with Gasteiger partial charge in [-0.05, 0) is 32.4 Å². The Morgan fingerprint density at radius 3 is 2.43 bits per heavy atom. The van der Waals surface area contributed by atoms with Gasteiger partial charge in [-0.1, -0.05) is 27.2 Å². The van der Waals surface area contributed by atoms with Gasteiger partial charge in [-0.15, -0.1) is 0 Å². The maximum atomic E-state index is 3.59. The Morgan fingerprint density at radius 2 is 2.00 bits per heavy atom. The monoisotopic (exact) mass is 198 g/mol. The van der Waals surface area contributed by atoms with Gasteiger partial charge < -0.3 is 5.32 Å². The highest BCUT2D eigenvalue weighted by Gasteiger charge is 2.28. The highest BCUT2D eigenvalue weighted by atomic mass is 15.2. The molecule has 2 nitrogen and oxygen atoms in total. The van der Waals surface area contributed by atoms with Crippen molar-refractivity contribution in [3.8, 4) is 0 Å². The first kappa shape index (κ1) is 12.0. The summed E-state index contributed by atoms with van der Waals surface area (Å²) in [6.07, 6.45) is 5.47. The highest BCUT2D eigenvalue weighted by molar-refractivity contribution is 4.86. The molecule has 0 aliphatic heterocycles. The second kappa shape index (κ2) is 6.41. The van der Waals surface area contributed by atoms with Crippen LogP contribution in [-0.4, -0.2) is 36.6 Å². The van der Waals surface area contributed by atoms with E-state index in [2.05, 4.69) is 31.0 Å². The summed E-state index contributed by atoms with van der Waals surface area (Å²) in [5, 5.41) is 3.59. The third-order valence-corrected chi connectivity index (χ3v) is 3.05. The largest absolute Gasteiger partial charge is 0.313 e. The van der Waals surface area contributed by atoms with Crippen molar-refractivity contribution >= 4 is 0 Å². The van der Waals surface area contributed by atoms with E-state index in [0.29, 0.717) is 6.04 Å². The topological polar surface area (TPSA) is 15.3 Å². The van der Waals surface area contributed by atoms with Gasteiger partial charge in [0.05, 0.1) is 0 Å². The molecule has 1 fully saturated rings. The first-order valence-corrected chi connectivity index (χ1v) is 6.29. The maximum absolute atomic E-state index is 3.59. The molecule has 2 heteroatoms. The number of hydrogen-bond donors (Lipinski definition) is 1. The molecule has 0 aromatic carbocycles. The van der Waals surface area contributed by atoms with Crippen LogP contribution in [0.3, 0.4) is 0 Å². The third-order valence-electron chi connectivity index (χ3n) is 3.05. The Kier molecular flexibility index (Phi) is 5.49. The highest BCUT2D eigenvalue weighted by Crippen LogP contribution is 2.26. The van der Waals surface area contributed by atoms with Crippen LogP contribution in [0, 0.1) is 0 Å². The van der Waals surface area contributed by atoms with Crippen molar-refractivity contribution in [1.29, 1.82) is 0 Å². The molecule has 0 aromatic heterocycles. The molecule has 1 saturated carbocycles. The van der Waals surface area contributed by atoms with Gasteiger partial charge in [-0.3, -0.25) is 4.90 Å². The van der Waals surface area contributed by atoms with E-state index in [4.69, 9.17) is 0 Å². The maximum Gasteiger partial charge on any atom is 0.0194 e. The summed E-state index contributed by atoms with van der Waals surface area (Å²) in [6.45, 7) is 10.3. The summed E-state index contributed by atoms with van der Waals surface area (Å²) in [5.74, 6) is 0. The molecule has 14 heavy (non-hydrogen) atoms. The number of rotatable bonds is 8. The predicted octanol–water partition coefficient (Wildman–Crippen LogP) is 2.25. The average Bonchev–Trinajstić information content (AvgIpc) is 2.98. The van der Waals surface area contributed by atoms with E-state index in [1.54, 1.807) is 0 Å². The fourth-order valence-corrected chi connectivity index (χ4v) is 2.15. The lowest BCUT2D eigenvalue weighted by atomic mass is 10.1. The minimum atomic E-state index is 0.713. The lowest BCUT2D eigenvalue weighted by Gasteiger charge is -2.26. The van der Waals surface area contributed by atoms with Gasteiger partial charge in [0.15, 0.2) is 0 Å². The Labute approximate surface area is 89.1 Å². The standard InChI is InChI=1S/C12H26N2/c1-4-7-11(13-5-2)10-14(6-3)12-8-9-12/h11-13H,4-10H2,1-3H3. The van der Waals surface area contributed by atoms with Gasteiger partial charge in [-0.25, -0.2) is 0 Å². The van der Waals surface area contributed by atoms with Crippen molar-refractivity contribution in [1.82, 2.24) is 10.2 Å². The molecule has 1 unspecified atom stereocenters. The first-order valence-electron chi connectivity index (χ1n) is 6.29. The molecule has 0 heterocycles. The van der Waals surface area contributed by atoms with Crippen molar-refractivity contribution < 1.29 is 0 Å². The zero-order chi connectivity index (χ0) is 10.4. The Balaban J connectivity index is 2.27.